The lowest BCUT2D eigenvalue weighted by Crippen LogP contribution is -2.19. The number of para-hydroxylation sites is 1. The molecule has 2 aromatic carbocycles. The molecule has 0 saturated heterocycles. The minimum atomic E-state index is -0.349. The van der Waals surface area contributed by atoms with Gasteiger partial charge < -0.3 is 9.30 Å². The lowest BCUT2D eigenvalue weighted by molar-refractivity contribution is -0.143. The fraction of sp³-hybridized carbons (Fsp3) is 0.211. The van der Waals surface area contributed by atoms with E-state index in [4.69, 9.17) is 16.3 Å². The van der Waals surface area contributed by atoms with Gasteiger partial charge in [0.1, 0.15) is 0 Å². The molecule has 1 aromatic heterocycles. The number of thiazole rings is 1. The molecule has 0 saturated carbocycles. The molecule has 0 radical (unpaired) electrons. The maximum absolute atomic E-state index is 12.5. The van der Waals surface area contributed by atoms with Crippen LogP contribution in [-0.4, -0.2) is 23.1 Å². The summed E-state index contributed by atoms with van der Waals surface area (Å²) in [6, 6.07) is 14.4. The number of nitrogens with zero attached hydrogens (tertiary/aromatic N) is 2. The van der Waals surface area contributed by atoms with Crippen molar-refractivity contribution in [2.45, 2.75) is 19.9 Å². The quantitative estimate of drug-likeness (QED) is 0.619. The number of ether oxygens (including phenoxy) is 1. The Morgan fingerprint density at radius 1 is 1.15 bits per heavy atom. The highest BCUT2D eigenvalue weighted by Crippen LogP contribution is 2.17. The van der Waals surface area contributed by atoms with Gasteiger partial charge in [0.2, 0.25) is 0 Å². The SMILES string of the molecule is CCOC(=O)CCn1c(=NC(=O)c2ccc(Cl)cc2)sc2ccccc21. The Morgan fingerprint density at radius 3 is 2.62 bits per heavy atom. The number of aromatic nitrogens is 1. The van der Waals surface area contributed by atoms with Crippen molar-refractivity contribution in [3.63, 3.8) is 0 Å². The molecule has 3 aromatic rings. The second-order valence-corrected chi connectivity index (χ2v) is 6.93. The van der Waals surface area contributed by atoms with Crippen molar-refractivity contribution in [3.05, 3.63) is 63.9 Å². The maximum atomic E-state index is 12.5. The molecule has 1 amide bonds. The van der Waals surface area contributed by atoms with Gasteiger partial charge in [-0.15, -0.1) is 0 Å². The minimum Gasteiger partial charge on any atom is -0.466 e. The largest absolute Gasteiger partial charge is 0.466 e. The molecule has 0 unspecified atom stereocenters. The highest BCUT2D eigenvalue weighted by molar-refractivity contribution is 7.16. The van der Waals surface area contributed by atoms with Crippen LogP contribution in [-0.2, 0) is 16.1 Å². The molecule has 134 valence electrons. The normalized spacial score (nSPS) is 11.7. The smallest absolute Gasteiger partial charge is 0.307 e. The van der Waals surface area contributed by atoms with Crippen LogP contribution in [0.5, 0.6) is 0 Å². The summed E-state index contributed by atoms with van der Waals surface area (Å²) in [4.78, 5) is 29.0. The van der Waals surface area contributed by atoms with Crippen molar-refractivity contribution >= 4 is 45.0 Å². The average Bonchev–Trinajstić information content (AvgIpc) is 2.98. The molecular formula is C19H17ClN2O3S. The fourth-order valence-corrected chi connectivity index (χ4v) is 3.68. The van der Waals surface area contributed by atoms with Crippen molar-refractivity contribution in [3.8, 4) is 0 Å². The number of carbonyl (C=O) groups is 2. The van der Waals surface area contributed by atoms with Crippen molar-refractivity contribution < 1.29 is 14.3 Å². The molecule has 0 fully saturated rings. The Kier molecular flexibility index (Phi) is 5.85. The monoisotopic (exact) mass is 388 g/mol. The first kappa shape index (κ1) is 18.4. The van der Waals surface area contributed by atoms with Crippen molar-refractivity contribution in [1.82, 2.24) is 4.57 Å². The van der Waals surface area contributed by atoms with Crippen LogP contribution in [0.4, 0.5) is 0 Å². The van der Waals surface area contributed by atoms with E-state index < -0.39 is 0 Å². The first-order valence-electron chi connectivity index (χ1n) is 8.17. The van der Waals surface area contributed by atoms with Crippen LogP contribution in [0.2, 0.25) is 5.02 Å². The molecule has 0 atom stereocenters. The number of esters is 1. The number of hydrogen-bond acceptors (Lipinski definition) is 4. The molecule has 7 heteroatoms. The van der Waals surface area contributed by atoms with Crippen LogP contribution in [0, 0.1) is 0 Å². The molecule has 0 N–H and O–H groups in total. The molecule has 1 heterocycles. The third kappa shape index (κ3) is 4.20. The molecule has 3 rings (SSSR count). The van der Waals surface area contributed by atoms with E-state index >= 15 is 0 Å². The lowest BCUT2D eigenvalue weighted by Gasteiger charge is -2.05. The number of aryl methyl sites for hydroxylation is 1. The van der Waals surface area contributed by atoms with Gasteiger partial charge in [0.15, 0.2) is 4.80 Å². The number of benzene rings is 2. The van der Waals surface area contributed by atoms with Gasteiger partial charge in [-0.25, -0.2) is 0 Å². The lowest BCUT2D eigenvalue weighted by atomic mass is 10.2. The van der Waals surface area contributed by atoms with E-state index in [-0.39, 0.29) is 18.3 Å². The first-order valence-corrected chi connectivity index (χ1v) is 9.36. The zero-order valence-corrected chi connectivity index (χ0v) is 15.7. The minimum absolute atomic E-state index is 0.219. The number of carbonyl (C=O) groups excluding carboxylic acids is 2. The maximum Gasteiger partial charge on any atom is 0.307 e. The highest BCUT2D eigenvalue weighted by atomic mass is 35.5. The van der Waals surface area contributed by atoms with E-state index in [1.165, 1.54) is 11.3 Å². The summed E-state index contributed by atoms with van der Waals surface area (Å²) >= 11 is 7.28. The van der Waals surface area contributed by atoms with Gasteiger partial charge in [-0.1, -0.05) is 35.1 Å². The summed E-state index contributed by atoms with van der Waals surface area (Å²) < 4.78 is 7.87. The van der Waals surface area contributed by atoms with Crippen molar-refractivity contribution in [2.24, 2.45) is 4.99 Å². The summed E-state index contributed by atoms with van der Waals surface area (Å²) in [5.74, 6) is -0.622. The molecular weight excluding hydrogens is 372 g/mol. The third-order valence-electron chi connectivity index (χ3n) is 3.72. The average molecular weight is 389 g/mol. The standard InChI is InChI=1S/C19H17ClN2O3S/c1-2-25-17(23)11-12-22-15-5-3-4-6-16(15)26-19(22)21-18(24)13-7-9-14(20)10-8-13/h3-10H,2,11-12H2,1H3. The van der Waals surface area contributed by atoms with Gasteiger partial charge in [-0.3, -0.25) is 9.59 Å². The molecule has 0 aliphatic heterocycles. The van der Waals surface area contributed by atoms with Crippen LogP contribution >= 0.6 is 22.9 Å². The topological polar surface area (TPSA) is 60.7 Å². The molecule has 26 heavy (non-hydrogen) atoms. The van der Waals surface area contributed by atoms with E-state index in [1.54, 1.807) is 31.2 Å². The van der Waals surface area contributed by atoms with Crippen LogP contribution in [0.1, 0.15) is 23.7 Å². The number of fused-ring (bicyclic) bond motifs is 1. The fourth-order valence-electron chi connectivity index (χ4n) is 2.50. The van der Waals surface area contributed by atoms with Crippen molar-refractivity contribution in [2.75, 3.05) is 6.61 Å². The number of halogens is 1. The number of rotatable bonds is 5. The zero-order chi connectivity index (χ0) is 18.5. The van der Waals surface area contributed by atoms with E-state index in [2.05, 4.69) is 4.99 Å². The summed E-state index contributed by atoms with van der Waals surface area (Å²) in [5.41, 5.74) is 1.40. The summed E-state index contributed by atoms with van der Waals surface area (Å²) in [5, 5.41) is 0.563. The van der Waals surface area contributed by atoms with Crippen LogP contribution in [0.25, 0.3) is 10.2 Å². The Labute approximate surface area is 159 Å². The van der Waals surface area contributed by atoms with Crippen molar-refractivity contribution in [1.29, 1.82) is 0 Å². The second kappa shape index (κ2) is 8.29. The molecule has 0 aliphatic carbocycles. The number of amides is 1. The zero-order valence-electron chi connectivity index (χ0n) is 14.1. The van der Waals surface area contributed by atoms with E-state index in [0.717, 1.165) is 10.2 Å². The van der Waals surface area contributed by atoms with Gasteiger partial charge >= 0.3 is 5.97 Å². The third-order valence-corrected chi connectivity index (χ3v) is 5.03. The van der Waals surface area contributed by atoms with Crippen LogP contribution in [0.15, 0.2) is 53.5 Å². The van der Waals surface area contributed by atoms with E-state index in [9.17, 15) is 9.59 Å². The van der Waals surface area contributed by atoms with Gasteiger partial charge in [-0.05, 0) is 43.3 Å². The van der Waals surface area contributed by atoms with Crippen LogP contribution < -0.4 is 4.80 Å². The van der Waals surface area contributed by atoms with E-state index in [0.29, 0.717) is 28.5 Å². The van der Waals surface area contributed by atoms with Gasteiger partial charge in [0.25, 0.3) is 5.91 Å². The molecule has 5 nitrogen and oxygen atoms in total. The van der Waals surface area contributed by atoms with Gasteiger partial charge in [0.05, 0.1) is 23.2 Å². The number of hydrogen-bond donors (Lipinski definition) is 0. The summed E-state index contributed by atoms with van der Waals surface area (Å²) in [6.45, 7) is 2.52. The Hall–Kier alpha value is -2.44. The van der Waals surface area contributed by atoms with Gasteiger partial charge in [-0.2, -0.15) is 4.99 Å². The first-order chi connectivity index (χ1) is 12.6. The molecule has 0 aliphatic rings. The van der Waals surface area contributed by atoms with E-state index in [1.807, 2.05) is 28.8 Å². The molecule has 0 bridgehead atoms. The predicted octanol–water partition coefficient (Wildman–Crippen LogP) is 4.05. The predicted molar refractivity (Wildman–Crippen MR) is 102 cm³/mol. The Balaban J connectivity index is 1.98. The second-order valence-electron chi connectivity index (χ2n) is 5.48. The molecule has 0 spiro atoms. The Morgan fingerprint density at radius 2 is 1.88 bits per heavy atom. The highest BCUT2D eigenvalue weighted by Gasteiger charge is 2.11. The summed E-state index contributed by atoms with van der Waals surface area (Å²) in [7, 11) is 0. The Bertz CT molecular complexity index is 1010. The summed E-state index contributed by atoms with van der Waals surface area (Å²) in [6.07, 6.45) is 0.219. The van der Waals surface area contributed by atoms with Gasteiger partial charge in [0, 0.05) is 17.1 Å². The van der Waals surface area contributed by atoms with Crippen LogP contribution in [0.3, 0.4) is 0 Å².